The summed E-state index contributed by atoms with van der Waals surface area (Å²) in [6.07, 6.45) is 3.30. The van der Waals surface area contributed by atoms with Gasteiger partial charge in [0.1, 0.15) is 4.90 Å². The molecule has 0 aromatic heterocycles. The molecule has 0 spiro atoms. The molecule has 1 aromatic rings. The first kappa shape index (κ1) is 15.9. The number of hydrogen-bond acceptors (Lipinski definition) is 3. The zero-order valence-electron chi connectivity index (χ0n) is 10.3. The highest BCUT2D eigenvalue weighted by Gasteiger charge is 2.23. The molecule has 1 saturated carbocycles. The lowest BCUT2D eigenvalue weighted by Gasteiger charge is -2.09. The van der Waals surface area contributed by atoms with Crippen molar-refractivity contribution in [1.29, 1.82) is 0 Å². The van der Waals surface area contributed by atoms with Crippen LogP contribution in [0.15, 0.2) is 17.0 Å². The summed E-state index contributed by atoms with van der Waals surface area (Å²) in [5, 5.41) is 2.57. The minimum Gasteiger partial charge on any atom is -0.352 e. The van der Waals surface area contributed by atoms with Gasteiger partial charge >= 0.3 is 0 Å². The molecule has 0 atom stereocenters. The highest BCUT2D eigenvalue weighted by molar-refractivity contribution is 8.13. The number of amides is 1. The summed E-state index contributed by atoms with van der Waals surface area (Å²) in [4.78, 5) is 11.6. The van der Waals surface area contributed by atoms with Crippen molar-refractivity contribution in [3.05, 3.63) is 27.7 Å². The van der Waals surface area contributed by atoms with Gasteiger partial charge in [-0.1, -0.05) is 36.0 Å². The van der Waals surface area contributed by atoms with Crippen LogP contribution in [-0.4, -0.2) is 20.9 Å². The van der Waals surface area contributed by atoms with E-state index in [1.807, 2.05) is 0 Å². The lowest BCUT2D eigenvalue weighted by molar-refractivity contribution is 0.0952. The first-order valence-electron chi connectivity index (χ1n) is 6.01. The quantitative estimate of drug-likeness (QED) is 0.822. The van der Waals surface area contributed by atoms with Crippen molar-refractivity contribution < 1.29 is 13.2 Å². The SMILES string of the molecule is O=C(NCCC1CC1)c1cc(Cl)cc(S(=O)(=O)Cl)c1Cl. The predicted octanol–water partition coefficient (Wildman–Crippen LogP) is 3.45. The molecule has 1 N–H and O–H groups in total. The number of hydrogen-bond donors (Lipinski definition) is 1. The molecule has 0 saturated heterocycles. The van der Waals surface area contributed by atoms with E-state index < -0.39 is 15.0 Å². The van der Waals surface area contributed by atoms with Crippen LogP contribution < -0.4 is 5.32 Å². The van der Waals surface area contributed by atoms with E-state index >= 15 is 0 Å². The first-order valence-corrected chi connectivity index (χ1v) is 9.07. The maximum absolute atomic E-state index is 12.0. The van der Waals surface area contributed by atoms with Gasteiger partial charge in [0.15, 0.2) is 0 Å². The molecule has 1 amide bonds. The number of benzene rings is 1. The Hall–Kier alpha value is -0.490. The topological polar surface area (TPSA) is 63.2 Å². The maximum atomic E-state index is 12.0. The number of rotatable bonds is 5. The number of carbonyl (C=O) groups is 1. The largest absolute Gasteiger partial charge is 0.352 e. The van der Waals surface area contributed by atoms with Crippen molar-refractivity contribution in [2.75, 3.05) is 6.54 Å². The highest BCUT2D eigenvalue weighted by Crippen LogP contribution is 2.33. The molecular formula is C12H12Cl3NO3S. The fraction of sp³-hybridized carbons (Fsp3) is 0.417. The monoisotopic (exact) mass is 355 g/mol. The second-order valence-electron chi connectivity index (χ2n) is 4.69. The fourth-order valence-electron chi connectivity index (χ4n) is 1.80. The van der Waals surface area contributed by atoms with Crippen molar-refractivity contribution >= 4 is 48.8 Å². The predicted molar refractivity (Wildman–Crippen MR) is 79.2 cm³/mol. The Bertz CT molecular complexity index is 642. The summed E-state index contributed by atoms with van der Waals surface area (Å²) in [6.45, 7) is 0.523. The standard InChI is InChI=1S/C12H12Cl3NO3S/c13-8-5-9(11(14)10(6-8)20(15,18)19)12(17)16-4-3-7-1-2-7/h5-7H,1-4H2,(H,16,17). The van der Waals surface area contributed by atoms with Crippen LogP contribution in [0.4, 0.5) is 0 Å². The lowest BCUT2D eigenvalue weighted by atomic mass is 10.2. The Morgan fingerprint density at radius 1 is 1.30 bits per heavy atom. The third-order valence-electron chi connectivity index (χ3n) is 3.05. The minimum atomic E-state index is -4.06. The van der Waals surface area contributed by atoms with Crippen LogP contribution in [0, 0.1) is 5.92 Å². The van der Waals surface area contributed by atoms with E-state index in [4.69, 9.17) is 33.9 Å². The van der Waals surface area contributed by atoms with Crippen LogP contribution >= 0.6 is 33.9 Å². The molecule has 0 aliphatic heterocycles. The van der Waals surface area contributed by atoms with Gasteiger partial charge in [-0.25, -0.2) is 8.42 Å². The van der Waals surface area contributed by atoms with Gasteiger partial charge in [0, 0.05) is 22.2 Å². The van der Waals surface area contributed by atoms with Crippen molar-refractivity contribution in [3.8, 4) is 0 Å². The van der Waals surface area contributed by atoms with Crippen LogP contribution in [0.2, 0.25) is 10.0 Å². The average molecular weight is 357 g/mol. The highest BCUT2D eigenvalue weighted by atomic mass is 35.7. The molecule has 0 bridgehead atoms. The minimum absolute atomic E-state index is 0.00851. The van der Waals surface area contributed by atoms with Crippen molar-refractivity contribution in [1.82, 2.24) is 5.32 Å². The Morgan fingerprint density at radius 3 is 2.50 bits per heavy atom. The zero-order valence-corrected chi connectivity index (χ0v) is 13.4. The van der Waals surface area contributed by atoms with Gasteiger partial charge in [-0.05, 0) is 24.5 Å². The Morgan fingerprint density at radius 2 is 1.95 bits per heavy atom. The van der Waals surface area contributed by atoms with Crippen LogP contribution in [-0.2, 0) is 9.05 Å². The second-order valence-corrected chi connectivity index (χ2v) is 8.04. The summed E-state index contributed by atoms with van der Waals surface area (Å²) in [5.41, 5.74) is 0.00851. The molecule has 1 aliphatic rings. The van der Waals surface area contributed by atoms with Crippen LogP contribution in [0.3, 0.4) is 0 Å². The summed E-state index contributed by atoms with van der Waals surface area (Å²) < 4.78 is 22.8. The van der Waals surface area contributed by atoms with Crippen molar-refractivity contribution in [2.45, 2.75) is 24.2 Å². The van der Waals surface area contributed by atoms with Crippen molar-refractivity contribution in [2.24, 2.45) is 5.92 Å². The first-order chi connectivity index (χ1) is 9.29. The number of carbonyl (C=O) groups excluding carboxylic acids is 1. The number of nitrogens with one attached hydrogen (secondary N) is 1. The van der Waals surface area contributed by atoms with Gasteiger partial charge in [0.2, 0.25) is 0 Å². The fourth-order valence-corrected chi connectivity index (χ4v) is 3.66. The Labute approximate surface area is 131 Å². The van der Waals surface area contributed by atoms with Crippen LogP contribution in [0.1, 0.15) is 29.6 Å². The van der Waals surface area contributed by atoms with Gasteiger partial charge in [0.25, 0.3) is 15.0 Å². The third kappa shape index (κ3) is 4.01. The molecule has 20 heavy (non-hydrogen) atoms. The summed E-state index contributed by atoms with van der Waals surface area (Å²) >= 11 is 11.7. The number of halogens is 3. The van der Waals surface area contributed by atoms with Gasteiger partial charge in [-0.2, -0.15) is 0 Å². The van der Waals surface area contributed by atoms with Gasteiger partial charge in [-0.3, -0.25) is 4.79 Å². The summed E-state index contributed by atoms with van der Waals surface area (Å²) in [6, 6.07) is 2.44. The Balaban J connectivity index is 2.21. The molecule has 1 aromatic carbocycles. The molecule has 2 rings (SSSR count). The Kier molecular flexibility index (Phi) is 4.84. The molecular weight excluding hydrogens is 345 g/mol. The molecule has 0 radical (unpaired) electrons. The van der Waals surface area contributed by atoms with E-state index in [1.165, 1.54) is 18.9 Å². The summed E-state index contributed by atoms with van der Waals surface area (Å²) in [5.74, 6) is 0.226. The average Bonchev–Trinajstić information content (AvgIpc) is 3.14. The van der Waals surface area contributed by atoms with Gasteiger partial charge < -0.3 is 5.32 Å². The lowest BCUT2D eigenvalue weighted by Crippen LogP contribution is -2.25. The van der Waals surface area contributed by atoms with E-state index in [2.05, 4.69) is 5.32 Å². The van der Waals surface area contributed by atoms with E-state index in [9.17, 15) is 13.2 Å². The second kappa shape index (κ2) is 6.10. The molecule has 1 aliphatic carbocycles. The normalized spacial score (nSPS) is 15.2. The van der Waals surface area contributed by atoms with Gasteiger partial charge in [-0.15, -0.1) is 0 Å². The van der Waals surface area contributed by atoms with E-state index in [-0.39, 0.29) is 20.5 Å². The molecule has 0 heterocycles. The van der Waals surface area contributed by atoms with Crippen molar-refractivity contribution in [3.63, 3.8) is 0 Å². The van der Waals surface area contributed by atoms with E-state index in [1.54, 1.807) is 0 Å². The molecule has 8 heteroatoms. The zero-order chi connectivity index (χ0) is 14.9. The summed E-state index contributed by atoms with van der Waals surface area (Å²) in [7, 11) is 1.20. The third-order valence-corrected chi connectivity index (χ3v) is 5.13. The molecule has 1 fully saturated rings. The van der Waals surface area contributed by atoms with Gasteiger partial charge in [0.05, 0.1) is 10.6 Å². The molecule has 110 valence electrons. The smallest absolute Gasteiger partial charge is 0.262 e. The van der Waals surface area contributed by atoms with Crippen LogP contribution in [0.25, 0.3) is 0 Å². The molecule has 4 nitrogen and oxygen atoms in total. The van der Waals surface area contributed by atoms with E-state index in [0.717, 1.165) is 12.5 Å². The van der Waals surface area contributed by atoms with E-state index in [0.29, 0.717) is 12.5 Å². The molecule has 0 unspecified atom stereocenters. The maximum Gasteiger partial charge on any atom is 0.262 e. The van der Waals surface area contributed by atoms with Crippen LogP contribution in [0.5, 0.6) is 0 Å².